The number of hydrogen-bond donors (Lipinski definition) is 1. The number of nitrogens with one attached hydrogen (secondary N) is 1. The molecule has 0 saturated carbocycles. The molecule has 6 heteroatoms. The first-order valence-electron chi connectivity index (χ1n) is 7.85. The van der Waals surface area contributed by atoms with Gasteiger partial charge in [0.05, 0.1) is 0 Å². The van der Waals surface area contributed by atoms with Gasteiger partial charge in [0, 0.05) is 43.5 Å². The fraction of sp³-hybridized carbons (Fsp3) is 0.733. The zero-order chi connectivity index (χ0) is 14.9. The maximum atomic E-state index is 4.79. The fourth-order valence-corrected chi connectivity index (χ4v) is 4.13. The molecule has 2 rings (SSSR count). The van der Waals surface area contributed by atoms with E-state index < -0.39 is 0 Å². The van der Waals surface area contributed by atoms with Gasteiger partial charge >= 0.3 is 0 Å². The molecule has 0 aromatic carbocycles. The lowest BCUT2D eigenvalue weighted by Crippen LogP contribution is -2.46. The Labute approximate surface area is 136 Å². The zero-order valence-electron chi connectivity index (χ0n) is 13.0. The van der Waals surface area contributed by atoms with Crippen molar-refractivity contribution in [2.24, 2.45) is 10.9 Å². The van der Waals surface area contributed by atoms with Gasteiger partial charge < -0.3 is 10.2 Å². The van der Waals surface area contributed by atoms with Crippen LogP contribution in [0.15, 0.2) is 20.9 Å². The molecule has 1 aromatic heterocycles. The first-order valence-corrected chi connectivity index (χ1v) is 9.71. The fourth-order valence-electron chi connectivity index (χ4n) is 2.50. The van der Waals surface area contributed by atoms with Crippen LogP contribution in [0.5, 0.6) is 0 Å². The normalized spacial score (nSPS) is 19.8. The van der Waals surface area contributed by atoms with Gasteiger partial charge in [0.25, 0.3) is 0 Å². The Kier molecular flexibility index (Phi) is 7.36. The summed E-state index contributed by atoms with van der Waals surface area (Å²) in [6.45, 7) is 8.59. The van der Waals surface area contributed by atoms with Crippen molar-refractivity contribution in [3.63, 3.8) is 0 Å². The van der Waals surface area contributed by atoms with E-state index in [1.54, 1.807) is 11.3 Å². The number of thioether (sulfide) groups is 1. The van der Waals surface area contributed by atoms with E-state index in [0.717, 1.165) is 54.6 Å². The summed E-state index contributed by atoms with van der Waals surface area (Å²) in [6, 6.07) is 0. The van der Waals surface area contributed by atoms with Gasteiger partial charge in [0.15, 0.2) is 5.96 Å². The molecule has 0 aliphatic carbocycles. The topological polar surface area (TPSA) is 40.5 Å². The van der Waals surface area contributed by atoms with Crippen LogP contribution in [0.2, 0.25) is 0 Å². The zero-order valence-corrected chi connectivity index (χ0v) is 14.7. The van der Waals surface area contributed by atoms with Crippen LogP contribution in [0.1, 0.15) is 33.1 Å². The Hall–Kier alpha value is -0.750. The highest BCUT2D eigenvalue weighted by Crippen LogP contribution is 2.20. The average Bonchev–Trinajstić information content (AvgIpc) is 2.99. The minimum absolute atomic E-state index is 0.781. The monoisotopic (exact) mass is 326 g/mol. The molecule has 1 saturated heterocycles. The Morgan fingerprint density at radius 3 is 3.24 bits per heavy atom. The number of likely N-dealkylation sites (tertiary alicyclic amines) is 1. The summed E-state index contributed by atoms with van der Waals surface area (Å²) < 4.78 is 1.16. The van der Waals surface area contributed by atoms with E-state index in [9.17, 15) is 0 Å². The minimum Gasteiger partial charge on any atom is -0.357 e. The van der Waals surface area contributed by atoms with E-state index in [1.807, 2.05) is 23.3 Å². The van der Waals surface area contributed by atoms with Crippen molar-refractivity contribution < 1.29 is 0 Å². The van der Waals surface area contributed by atoms with E-state index in [-0.39, 0.29) is 0 Å². The van der Waals surface area contributed by atoms with Crippen molar-refractivity contribution in [3.8, 4) is 0 Å². The summed E-state index contributed by atoms with van der Waals surface area (Å²) in [5, 5.41) is 5.47. The van der Waals surface area contributed by atoms with Crippen LogP contribution in [0.3, 0.4) is 0 Å². The van der Waals surface area contributed by atoms with Gasteiger partial charge in [-0.2, -0.15) is 0 Å². The third-order valence-corrected chi connectivity index (χ3v) is 5.54. The predicted octanol–water partition coefficient (Wildman–Crippen LogP) is 3.32. The smallest absolute Gasteiger partial charge is 0.193 e. The maximum Gasteiger partial charge on any atom is 0.193 e. The summed E-state index contributed by atoms with van der Waals surface area (Å²) in [5.74, 6) is 2.97. The number of guanidine groups is 1. The lowest BCUT2D eigenvalue weighted by Gasteiger charge is -2.33. The second-order valence-corrected chi connectivity index (χ2v) is 7.67. The molecule has 1 fully saturated rings. The maximum absolute atomic E-state index is 4.79. The molecule has 0 spiro atoms. The summed E-state index contributed by atoms with van der Waals surface area (Å²) in [4.78, 5) is 11.5. The lowest BCUT2D eigenvalue weighted by molar-refractivity contribution is 0.266. The van der Waals surface area contributed by atoms with E-state index in [4.69, 9.17) is 4.99 Å². The molecule has 1 aromatic rings. The highest BCUT2D eigenvalue weighted by molar-refractivity contribution is 8.00. The van der Waals surface area contributed by atoms with Crippen LogP contribution in [-0.2, 0) is 0 Å². The molecular weight excluding hydrogens is 300 g/mol. The summed E-state index contributed by atoms with van der Waals surface area (Å²) in [5.41, 5.74) is 0. The Morgan fingerprint density at radius 2 is 2.52 bits per heavy atom. The van der Waals surface area contributed by atoms with Crippen molar-refractivity contribution in [1.29, 1.82) is 0 Å². The summed E-state index contributed by atoms with van der Waals surface area (Å²) >= 11 is 3.55. The van der Waals surface area contributed by atoms with Crippen molar-refractivity contribution in [2.75, 3.05) is 31.9 Å². The van der Waals surface area contributed by atoms with E-state index in [1.165, 1.54) is 12.8 Å². The van der Waals surface area contributed by atoms with Gasteiger partial charge in [-0.3, -0.25) is 4.99 Å². The van der Waals surface area contributed by atoms with Crippen molar-refractivity contribution in [3.05, 3.63) is 11.6 Å². The quantitative estimate of drug-likeness (QED) is 0.377. The molecule has 0 amide bonds. The van der Waals surface area contributed by atoms with Crippen molar-refractivity contribution in [1.82, 2.24) is 15.2 Å². The summed E-state index contributed by atoms with van der Waals surface area (Å²) in [7, 11) is 0. The third kappa shape index (κ3) is 5.87. The number of thiazole rings is 1. The molecule has 1 N–H and O–H groups in total. The lowest BCUT2D eigenvalue weighted by atomic mass is 10.0. The second kappa shape index (κ2) is 9.30. The molecule has 2 heterocycles. The number of rotatable bonds is 6. The van der Waals surface area contributed by atoms with Gasteiger partial charge in [-0.15, -0.1) is 11.3 Å². The molecule has 1 unspecified atom stereocenters. The number of hydrogen-bond acceptors (Lipinski definition) is 4. The molecule has 0 radical (unpaired) electrons. The van der Waals surface area contributed by atoms with Crippen molar-refractivity contribution >= 4 is 29.1 Å². The minimum atomic E-state index is 0.781. The van der Waals surface area contributed by atoms with E-state index >= 15 is 0 Å². The van der Waals surface area contributed by atoms with Gasteiger partial charge in [-0.05, 0) is 32.1 Å². The largest absolute Gasteiger partial charge is 0.357 e. The second-order valence-electron chi connectivity index (χ2n) is 5.43. The van der Waals surface area contributed by atoms with Crippen LogP contribution in [0, 0.1) is 5.92 Å². The standard InChI is InChI=1S/C15H26N4S2/c1-3-16-14(19-9-4-6-13(2)12-19)17-7-5-10-20-15-18-8-11-21-15/h8,11,13H,3-7,9-10,12H2,1-2H3,(H,16,17). The molecule has 1 aliphatic heterocycles. The first-order chi connectivity index (χ1) is 10.3. The van der Waals surface area contributed by atoms with Gasteiger partial charge in [0.2, 0.25) is 0 Å². The highest BCUT2D eigenvalue weighted by Gasteiger charge is 2.18. The Balaban J connectivity index is 1.74. The molecule has 4 nitrogen and oxygen atoms in total. The van der Waals surface area contributed by atoms with Crippen LogP contribution in [0.25, 0.3) is 0 Å². The molecule has 0 bridgehead atoms. The highest BCUT2D eigenvalue weighted by atomic mass is 32.2. The third-order valence-electron chi connectivity index (χ3n) is 3.49. The number of piperidine rings is 1. The molecule has 118 valence electrons. The van der Waals surface area contributed by atoms with Gasteiger partial charge in [-0.25, -0.2) is 4.98 Å². The average molecular weight is 327 g/mol. The number of aliphatic imine (C=N–C) groups is 1. The SMILES string of the molecule is CCNC(=NCCCSc1nccs1)N1CCCC(C)C1. The Morgan fingerprint density at radius 1 is 1.62 bits per heavy atom. The van der Waals surface area contributed by atoms with Crippen LogP contribution >= 0.6 is 23.1 Å². The van der Waals surface area contributed by atoms with E-state index in [0.29, 0.717) is 0 Å². The molecular formula is C15H26N4S2. The Bertz CT molecular complexity index is 419. The van der Waals surface area contributed by atoms with Crippen LogP contribution in [-0.4, -0.2) is 47.8 Å². The number of aromatic nitrogens is 1. The molecule has 21 heavy (non-hydrogen) atoms. The predicted molar refractivity (Wildman–Crippen MR) is 93.4 cm³/mol. The summed E-state index contributed by atoms with van der Waals surface area (Å²) in [6.07, 6.45) is 5.60. The van der Waals surface area contributed by atoms with Gasteiger partial charge in [0.1, 0.15) is 4.34 Å². The van der Waals surface area contributed by atoms with Gasteiger partial charge in [-0.1, -0.05) is 18.7 Å². The van der Waals surface area contributed by atoms with Crippen molar-refractivity contribution in [2.45, 2.75) is 37.4 Å². The first kappa shape index (κ1) is 16.6. The molecule has 1 atom stereocenters. The van der Waals surface area contributed by atoms with Crippen LogP contribution < -0.4 is 5.32 Å². The van der Waals surface area contributed by atoms with E-state index in [2.05, 4.69) is 29.0 Å². The van der Waals surface area contributed by atoms with Crippen LogP contribution in [0.4, 0.5) is 0 Å². The molecule has 1 aliphatic rings. The number of nitrogens with zero attached hydrogens (tertiary/aromatic N) is 3.